The standard InChI is InChI=1S/C18H17BrN4O2/c1-12(18-22-21-16-5-3-4-10-23(16)18)20-17(24)9-6-13-11-14(19)7-8-15(13)25-2/h3-12H,1-2H3,(H,20,24)/b9-6+. The lowest BCUT2D eigenvalue weighted by molar-refractivity contribution is -0.117. The zero-order chi connectivity index (χ0) is 17.8. The Bertz CT molecular complexity index is 936. The molecule has 0 radical (unpaired) electrons. The predicted molar refractivity (Wildman–Crippen MR) is 99.3 cm³/mol. The van der Waals surface area contributed by atoms with E-state index in [2.05, 4.69) is 31.4 Å². The third-order valence-electron chi connectivity index (χ3n) is 3.69. The molecule has 3 rings (SSSR count). The van der Waals surface area contributed by atoms with Gasteiger partial charge in [-0.05, 0) is 43.3 Å². The van der Waals surface area contributed by atoms with Gasteiger partial charge in [-0.2, -0.15) is 0 Å². The fourth-order valence-corrected chi connectivity index (χ4v) is 2.86. The molecule has 0 aliphatic carbocycles. The van der Waals surface area contributed by atoms with Gasteiger partial charge in [0, 0.05) is 22.3 Å². The minimum atomic E-state index is -0.279. The average Bonchev–Trinajstić information content (AvgIpc) is 3.04. The summed E-state index contributed by atoms with van der Waals surface area (Å²) < 4.78 is 8.06. The van der Waals surface area contributed by atoms with E-state index in [0.29, 0.717) is 11.6 Å². The molecule has 0 saturated heterocycles. The quantitative estimate of drug-likeness (QED) is 0.666. The Morgan fingerprint density at radius 3 is 2.96 bits per heavy atom. The van der Waals surface area contributed by atoms with Crippen molar-refractivity contribution in [3.05, 3.63) is 64.5 Å². The lowest BCUT2D eigenvalue weighted by Gasteiger charge is -2.10. The van der Waals surface area contributed by atoms with E-state index in [1.165, 1.54) is 6.08 Å². The van der Waals surface area contributed by atoms with Crippen LogP contribution in [0.15, 0.2) is 53.1 Å². The first-order valence-corrected chi connectivity index (χ1v) is 8.49. The van der Waals surface area contributed by atoms with Crippen molar-refractivity contribution < 1.29 is 9.53 Å². The summed E-state index contributed by atoms with van der Waals surface area (Å²) in [6.45, 7) is 1.87. The normalized spacial score (nSPS) is 12.4. The molecule has 1 atom stereocenters. The lowest BCUT2D eigenvalue weighted by atomic mass is 10.2. The van der Waals surface area contributed by atoms with Crippen molar-refractivity contribution in [3.63, 3.8) is 0 Å². The highest BCUT2D eigenvalue weighted by Crippen LogP contribution is 2.24. The Kier molecular flexibility index (Phi) is 5.14. The number of ether oxygens (including phenoxy) is 1. The molecule has 2 heterocycles. The molecule has 1 aromatic carbocycles. The van der Waals surface area contributed by atoms with E-state index in [-0.39, 0.29) is 11.9 Å². The third kappa shape index (κ3) is 3.88. The summed E-state index contributed by atoms with van der Waals surface area (Å²) in [5.41, 5.74) is 1.56. The molecule has 0 spiro atoms. The molecule has 1 N–H and O–H groups in total. The van der Waals surface area contributed by atoms with Crippen molar-refractivity contribution in [2.75, 3.05) is 7.11 Å². The van der Waals surface area contributed by atoms with Crippen LogP contribution in [0.1, 0.15) is 24.4 Å². The highest BCUT2D eigenvalue weighted by atomic mass is 79.9. The Hall–Kier alpha value is -2.67. The van der Waals surface area contributed by atoms with Gasteiger partial charge in [-0.15, -0.1) is 10.2 Å². The van der Waals surface area contributed by atoms with E-state index in [1.54, 1.807) is 13.2 Å². The summed E-state index contributed by atoms with van der Waals surface area (Å²) in [6, 6.07) is 11.0. The van der Waals surface area contributed by atoms with Crippen molar-refractivity contribution in [1.29, 1.82) is 0 Å². The second kappa shape index (κ2) is 7.48. The van der Waals surface area contributed by atoms with Crippen LogP contribution in [0.25, 0.3) is 11.7 Å². The molecule has 3 aromatic rings. The molecule has 0 saturated carbocycles. The zero-order valence-corrected chi connectivity index (χ0v) is 15.4. The summed E-state index contributed by atoms with van der Waals surface area (Å²) in [5.74, 6) is 1.16. The Labute approximate surface area is 153 Å². The summed E-state index contributed by atoms with van der Waals surface area (Å²) in [7, 11) is 1.60. The second-order valence-corrected chi connectivity index (χ2v) is 6.35. The minimum absolute atomic E-state index is 0.220. The van der Waals surface area contributed by atoms with Gasteiger partial charge < -0.3 is 10.1 Å². The monoisotopic (exact) mass is 400 g/mol. The van der Waals surface area contributed by atoms with Crippen LogP contribution < -0.4 is 10.1 Å². The number of nitrogens with one attached hydrogen (secondary N) is 1. The van der Waals surface area contributed by atoms with Crippen molar-refractivity contribution in [2.24, 2.45) is 0 Å². The number of rotatable bonds is 5. The summed E-state index contributed by atoms with van der Waals surface area (Å²) >= 11 is 3.41. The lowest BCUT2D eigenvalue weighted by Crippen LogP contribution is -2.26. The number of hydrogen-bond donors (Lipinski definition) is 1. The number of carbonyl (C=O) groups is 1. The Balaban J connectivity index is 1.73. The van der Waals surface area contributed by atoms with E-state index in [4.69, 9.17) is 4.74 Å². The topological polar surface area (TPSA) is 68.5 Å². The first-order valence-electron chi connectivity index (χ1n) is 7.70. The maximum absolute atomic E-state index is 12.2. The van der Waals surface area contributed by atoms with Gasteiger partial charge in [0.2, 0.25) is 5.91 Å². The zero-order valence-electron chi connectivity index (χ0n) is 13.8. The number of halogens is 1. The van der Waals surface area contributed by atoms with Crippen molar-refractivity contribution in [2.45, 2.75) is 13.0 Å². The highest BCUT2D eigenvalue weighted by Gasteiger charge is 2.14. The number of methoxy groups -OCH3 is 1. The maximum atomic E-state index is 12.2. The van der Waals surface area contributed by atoms with Crippen LogP contribution in [0.4, 0.5) is 0 Å². The molecule has 25 heavy (non-hydrogen) atoms. The van der Waals surface area contributed by atoms with Gasteiger partial charge >= 0.3 is 0 Å². The summed E-state index contributed by atoms with van der Waals surface area (Å²) in [5, 5.41) is 11.1. The summed E-state index contributed by atoms with van der Waals surface area (Å²) in [4.78, 5) is 12.2. The van der Waals surface area contributed by atoms with Crippen LogP contribution >= 0.6 is 15.9 Å². The smallest absolute Gasteiger partial charge is 0.244 e. The molecular weight excluding hydrogens is 384 g/mol. The number of aromatic nitrogens is 3. The molecule has 2 aromatic heterocycles. The van der Waals surface area contributed by atoms with E-state index >= 15 is 0 Å². The molecule has 0 aliphatic heterocycles. The number of fused-ring (bicyclic) bond motifs is 1. The SMILES string of the molecule is COc1ccc(Br)cc1/C=C/C(=O)NC(C)c1nnc2ccccn12. The fraction of sp³-hybridized carbons (Fsp3) is 0.167. The number of amides is 1. The van der Waals surface area contributed by atoms with Crippen molar-refractivity contribution >= 4 is 33.6 Å². The van der Waals surface area contributed by atoms with E-state index in [0.717, 1.165) is 15.7 Å². The summed E-state index contributed by atoms with van der Waals surface area (Å²) in [6.07, 6.45) is 5.06. The van der Waals surface area contributed by atoms with Gasteiger partial charge in [-0.1, -0.05) is 22.0 Å². The number of nitrogens with zero attached hydrogens (tertiary/aromatic N) is 3. The molecule has 0 bridgehead atoms. The van der Waals surface area contributed by atoms with Crippen LogP contribution in [-0.4, -0.2) is 27.6 Å². The number of hydrogen-bond acceptors (Lipinski definition) is 4. The van der Waals surface area contributed by atoms with Gasteiger partial charge in [0.15, 0.2) is 11.5 Å². The molecular formula is C18H17BrN4O2. The number of carbonyl (C=O) groups excluding carboxylic acids is 1. The van der Waals surface area contributed by atoms with Crippen LogP contribution in [0, 0.1) is 0 Å². The highest BCUT2D eigenvalue weighted by molar-refractivity contribution is 9.10. The third-order valence-corrected chi connectivity index (χ3v) is 4.19. The van der Waals surface area contributed by atoms with Crippen LogP contribution in [-0.2, 0) is 4.79 Å². The van der Waals surface area contributed by atoms with Crippen LogP contribution in [0.2, 0.25) is 0 Å². The predicted octanol–water partition coefficient (Wildman–Crippen LogP) is 3.39. The fourth-order valence-electron chi connectivity index (χ4n) is 2.48. The average molecular weight is 401 g/mol. The molecule has 1 unspecified atom stereocenters. The second-order valence-electron chi connectivity index (χ2n) is 5.44. The van der Waals surface area contributed by atoms with Crippen molar-refractivity contribution in [3.8, 4) is 5.75 Å². The first kappa shape index (κ1) is 17.2. The van der Waals surface area contributed by atoms with Gasteiger partial charge in [0.25, 0.3) is 0 Å². The molecule has 0 fully saturated rings. The van der Waals surface area contributed by atoms with Crippen molar-refractivity contribution in [1.82, 2.24) is 19.9 Å². The van der Waals surface area contributed by atoms with E-state index < -0.39 is 0 Å². The largest absolute Gasteiger partial charge is 0.496 e. The number of benzene rings is 1. The molecule has 6 nitrogen and oxygen atoms in total. The van der Waals surface area contributed by atoms with Crippen LogP contribution in [0.3, 0.4) is 0 Å². The molecule has 0 aliphatic rings. The Morgan fingerprint density at radius 2 is 2.16 bits per heavy atom. The van der Waals surface area contributed by atoms with E-state index in [9.17, 15) is 4.79 Å². The number of pyridine rings is 1. The Morgan fingerprint density at radius 1 is 1.32 bits per heavy atom. The molecule has 128 valence electrons. The van der Waals surface area contributed by atoms with Gasteiger partial charge in [-0.3, -0.25) is 9.20 Å². The van der Waals surface area contributed by atoms with E-state index in [1.807, 2.05) is 53.9 Å². The minimum Gasteiger partial charge on any atom is -0.496 e. The first-order chi connectivity index (χ1) is 12.1. The van der Waals surface area contributed by atoms with Crippen LogP contribution in [0.5, 0.6) is 5.75 Å². The van der Waals surface area contributed by atoms with Gasteiger partial charge in [0.1, 0.15) is 5.75 Å². The maximum Gasteiger partial charge on any atom is 0.244 e. The van der Waals surface area contributed by atoms with Gasteiger partial charge in [0.05, 0.1) is 13.2 Å². The molecule has 1 amide bonds. The molecule has 7 heteroatoms. The van der Waals surface area contributed by atoms with Gasteiger partial charge in [-0.25, -0.2) is 0 Å².